The van der Waals surface area contributed by atoms with Crippen LogP contribution in [0.25, 0.3) is 0 Å². The Hall–Kier alpha value is -1.06. The van der Waals surface area contributed by atoms with Gasteiger partial charge in [-0.2, -0.15) is 0 Å². The van der Waals surface area contributed by atoms with Crippen LogP contribution >= 0.6 is 0 Å². The van der Waals surface area contributed by atoms with Gasteiger partial charge in [-0.15, -0.1) is 0 Å². The van der Waals surface area contributed by atoms with Crippen molar-refractivity contribution < 1.29 is 14.7 Å². The lowest BCUT2D eigenvalue weighted by Crippen LogP contribution is -2.37. The van der Waals surface area contributed by atoms with E-state index in [1.54, 1.807) is 11.9 Å². The van der Waals surface area contributed by atoms with Gasteiger partial charge in [0.05, 0.1) is 5.41 Å². The van der Waals surface area contributed by atoms with Gasteiger partial charge in [0.25, 0.3) is 0 Å². The Balaban J connectivity index is 2.49. The van der Waals surface area contributed by atoms with Gasteiger partial charge in [0.15, 0.2) is 0 Å². The van der Waals surface area contributed by atoms with Crippen molar-refractivity contribution in [2.45, 2.75) is 58.3 Å². The summed E-state index contributed by atoms with van der Waals surface area (Å²) in [6, 6.07) is 0. The molecule has 4 nitrogen and oxygen atoms in total. The van der Waals surface area contributed by atoms with Crippen LogP contribution in [0.15, 0.2) is 0 Å². The molecule has 0 aromatic heterocycles. The van der Waals surface area contributed by atoms with Gasteiger partial charge in [0.2, 0.25) is 5.91 Å². The summed E-state index contributed by atoms with van der Waals surface area (Å²) in [5.41, 5.74) is -0.782. The third-order valence-corrected chi connectivity index (χ3v) is 4.03. The Kier molecular flexibility index (Phi) is 5.63. The zero-order valence-corrected chi connectivity index (χ0v) is 11.6. The number of aliphatic carboxylic acids is 1. The average Bonchev–Trinajstić information content (AvgIpc) is 2.79. The molecule has 18 heavy (non-hydrogen) atoms. The van der Waals surface area contributed by atoms with Crippen LogP contribution in [0.2, 0.25) is 0 Å². The van der Waals surface area contributed by atoms with Crippen LogP contribution in [-0.2, 0) is 9.59 Å². The fourth-order valence-electron chi connectivity index (χ4n) is 2.67. The van der Waals surface area contributed by atoms with E-state index in [1.807, 2.05) is 0 Å². The molecule has 1 saturated carbocycles. The largest absolute Gasteiger partial charge is 0.481 e. The van der Waals surface area contributed by atoms with Crippen molar-refractivity contribution in [3.8, 4) is 0 Å². The van der Waals surface area contributed by atoms with E-state index in [-0.39, 0.29) is 12.3 Å². The Morgan fingerprint density at radius 2 is 1.83 bits per heavy atom. The molecule has 0 bridgehead atoms. The molecule has 0 saturated heterocycles. The van der Waals surface area contributed by atoms with Crippen LogP contribution in [-0.4, -0.2) is 35.5 Å². The Morgan fingerprint density at radius 3 is 2.33 bits per heavy atom. The minimum Gasteiger partial charge on any atom is -0.481 e. The molecule has 1 amide bonds. The van der Waals surface area contributed by atoms with E-state index >= 15 is 0 Å². The maximum Gasteiger partial charge on any atom is 0.310 e. The van der Waals surface area contributed by atoms with Gasteiger partial charge in [0.1, 0.15) is 0 Å². The highest BCUT2D eigenvalue weighted by molar-refractivity contribution is 5.85. The number of hydrogen-bond acceptors (Lipinski definition) is 2. The number of carboxylic acid groups (broad SMARTS) is 1. The van der Waals surface area contributed by atoms with Crippen molar-refractivity contribution in [2.24, 2.45) is 5.41 Å². The minimum absolute atomic E-state index is 0.0181. The molecule has 104 valence electrons. The van der Waals surface area contributed by atoms with Crippen LogP contribution in [0, 0.1) is 5.41 Å². The standard InChI is InChI=1S/C14H25NO3/c1-3-4-7-10-15(2)12(16)11-14(13(17)18)8-5-6-9-14/h3-11H2,1-2H3,(H,17,18). The molecule has 1 aliphatic rings. The van der Waals surface area contributed by atoms with Crippen molar-refractivity contribution in [3.63, 3.8) is 0 Å². The number of hydrogen-bond donors (Lipinski definition) is 1. The van der Waals surface area contributed by atoms with Gasteiger partial charge in [-0.25, -0.2) is 0 Å². The van der Waals surface area contributed by atoms with Gasteiger partial charge in [-0.1, -0.05) is 32.6 Å². The smallest absolute Gasteiger partial charge is 0.310 e. The molecule has 0 spiro atoms. The minimum atomic E-state index is -0.796. The van der Waals surface area contributed by atoms with Crippen LogP contribution in [0.1, 0.15) is 58.3 Å². The molecule has 0 heterocycles. The maximum absolute atomic E-state index is 12.1. The predicted molar refractivity (Wildman–Crippen MR) is 70.3 cm³/mol. The first-order valence-electron chi connectivity index (χ1n) is 6.99. The zero-order chi connectivity index (χ0) is 13.6. The summed E-state index contributed by atoms with van der Waals surface area (Å²) in [5.74, 6) is -0.814. The van der Waals surface area contributed by atoms with Gasteiger partial charge in [0, 0.05) is 20.0 Å². The van der Waals surface area contributed by atoms with Crippen molar-refractivity contribution in [1.82, 2.24) is 4.90 Å². The third-order valence-electron chi connectivity index (χ3n) is 4.03. The molecule has 0 aromatic rings. The van der Waals surface area contributed by atoms with Gasteiger partial charge in [-0.3, -0.25) is 9.59 Å². The van der Waals surface area contributed by atoms with Crippen molar-refractivity contribution >= 4 is 11.9 Å². The Labute approximate surface area is 109 Å². The number of unbranched alkanes of at least 4 members (excludes halogenated alkanes) is 2. The zero-order valence-electron chi connectivity index (χ0n) is 11.6. The molecule has 0 radical (unpaired) electrons. The van der Waals surface area contributed by atoms with Crippen LogP contribution < -0.4 is 0 Å². The molecule has 0 aromatic carbocycles. The molecule has 0 atom stereocenters. The van der Waals surface area contributed by atoms with E-state index in [9.17, 15) is 14.7 Å². The predicted octanol–water partition coefficient (Wildman–Crippen LogP) is 2.67. The molecule has 1 fully saturated rings. The quantitative estimate of drug-likeness (QED) is 0.711. The number of carbonyl (C=O) groups is 2. The van der Waals surface area contributed by atoms with E-state index in [4.69, 9.17) is 0 Å². The fraction of sp³-hybridized carbons (Fsp3) is 0.857. The van der Waals surface area contributed by atoms with E-state index < -0.39 is 11.4 Å². The molecule has 0 unspecified atom stereocenters. The van der Waals surface area contributed by atoms with Crippen molar-refractivity contribution in [2.75, 3.05) is 13.6 Å². The SMILES string of the molecule is CCCCCN(C)C(=O)CC1(C(=O)O)CCCC1. The number of amides is 1. The second kappa shape index (κ2) is 6.76. The molecule has 0 aliphatic heterocycles. The molecule has 4 heteroatoms. The fourth-order valence-corrected chi connectivity index (χ4v) is 2.67. The topological polar surface area (TPSA) is 57.6 Å². The lowest BCUT2D eigenvalue weighted by atomic mass is 9.82. The molecule has 1 aliphatic carbocycles. The van der Waals surface area contributed by atoms with Gasteiger partial charge < -0.3 is 10.0 Å². The third kappa shape index (κ3) is 3.72. The van der Waals surface area contributed by atoms with Crippen LogP contribution in [0.3, 0.4) is 0 Å². The van der Waals surface area contributed by atoms with Crippen molar-refractivity contribution in [3.05, 3.63) is 0 Å². The summed E-state index contributed by atoms with van der Waals surface area (Å²) < 4.78 is 0. The number of carbonyl (C=O) groups excluding carboxylic acids is 1. The van der Waals surface area contributed by atoms with Crippen molar-refractivity contribution in [1.29, 1.82) is 0 Å². The first-order chi connectivity index (χ1) is 8.52. The van der Waals surface area contributed by atoms with E-state index in [0.717, 1.165) is 38.6 Å². The molecular weight excluding hydrogens is 230 g/mol. The summed E-state index contributed by atoms with van der Waals surface area (Å²) in [6.45, 7) is 2.86. The molecular formula is C14H25NO3. The lowest BCUT2D eigenvalue weighted by Gasteiger charge is -2.26. The number of nitrogens with zero attached hydrogens (tertiary/aromatic N) is 1. The highest BCUT2D eigenvalue weighted by atomic mass is 16.4. The summed E-state index contributed by atoms with van der Waals surface area (Å²) in [6.07, 6.45) is 6.57. The van der Waals surface area contributed by atoms with Crippen LogP contribution in [0.4, 0.5) is 0 Å². The van der Waals surface area contributed by atoms with Gasteiger partial charge >= 0.3 is 5.97 Å². The summed E-state index contributed by atoms with van der Waals surface area (Å²) in [5, 5.41) is 9.34. The highest BCUT2D eigenvalue weighted by Crippen LogP contribution is 2.41. The lowest BCUT2D eigenvalue weighted by molar-refractivity contribution is -0.153. The first-order valence-corrected chi connectivity index (χ1v) is 6.99. The summed E-state index contributed by atoms with van der Waals surface area (Å²) >= 11 is 0. The molecule has 1 N–H and O–H groups in total. The Bertz CT molecular complexity index is 295. The van der Waals surface area contributed by atoms with Gasteiger partial charge in [-0.05, 0) is 19.3 Å². The van der Waals surface area contributed by atoms with E-state index in [1.165, 1.54) is 0 Å². The number of rotatable bonds is 7. The second-order valence-electron chi connectivity index (χ2n) is 5.49. The monoisotopic (exact) mass is 255 g/mol. The average molecular weight is 255 g/mol. The maximum atomic E-state index is 12.1. The molecule has 1 rings (SSSR count). The van der Waals surface area contributed by atoms with E-state index in [2.05, 4.69) is 6.92 Å². The summed E-state index contributed by atoms with van der Waals surface area (Å²) in [7, 11) is 1.78. The van der Waals surface area contributed by atoms with Crippen LogP contribution in [0.5, 0.6) is 0 Å². The van der Waals surface area contributed by atoms with E-state index in [0.29, 0.717) is 12.8 Å². The summed E-state index contributed by atoms with van der Waals surface area (Å²) in [4.78, 5) is 25.1. The first kappa shape index (κ1) is 15.0. The Morgan fingerprint density at radius 1 is 1.22 bits per heavy atom. The number of carboxylic acids is 1. The highest BCUT2D eigenvalue weighted by Gasteiger charge is 2.43. The second-order valence-corrected chi connectivity index (χ2v) is 5.49. The normalized spacial score (nSPS) is 17.7.